The monoisotopic (exact) mass is 586 g/mol. The van der Waals surface area contributed by atoms with Crippen LogP contribution in [0.1, 0.15) is 32.3 Å². The zero-order valence-corrected chi connectivity index (χ0v) is 21.7. The highest BCUT2D eigenvalue weighted by Crippen LogP contribution is 2.46. The normalized spacial score (nSPS) is 19.6. The summed E-state index contributed by atoms with van der Waals surface area (Å²) in [5, 5.41) is 8.95. The molecule has 1 heterocycles. The molecule has 216 valence electrons. The lowest BCUT2D eigenvalue weighted by Crippen LogP contribution is -2.41. The largest absolute Gasteiger partial charge is 0.489 e. The second-order valence-electron chi connectivity index (χ2n) is 9.48. The first kappa shape index (κ1) is 30.5. The standard InChI is InChI=1S/C24H25F7N2O5S/c1-22(26,21(34)35)13-38-19-11-20-18(10-17(19)24(29,30)31)33(15-6-4-14(25)5-7-15)12-16(8-9-23(2,27)28)32(3)39(20,36)37/h4-7,10-11,16H,8-9,12-13H2,1-3H3,(H,34,35)/t16-,22+/m1/s1. The summed E-state index contributed by atoms with van der Waals surface area (Å²) >= 11 is 0. The van der Waals surface area contributed by atoms with E-state index in [-0.39, 0.29) is 18.7 Å². The number of fused-ring (bicyclic) bond motifs is 1. The van der Waals surface area contributed by atoms with Gasteiger partial charge in [-0.15, -0.1) is 0 Å². The summed E-state index contributed by atoms with van der Waals surface area (Å²) in [5.74, 6) is -7.02. The van der Waals surface area contributed by atoms with E-state index in [4.69, 9.17) is 9.84 Å². The molecular weight excluding hydrogens is 561 g/mol. The summed E-state index contributed by atoms with van der Waals surface area (Å²) in [6, 6.07) is 4.12. The number of halogens is 7. The lowest BCUT2D eigenvalue weighted by Gasteiger charge is -2.30. The molecule has 15 heteroatoms. The van der Waals surface area contributed by atoms with Gasteiger partial charge in [-0.25, -0.2) is 30.8 Å². The molecule has 39 heavy (non-hydrogen) atoms. The molecule has 1 N–H and O–H groups in total. The van der Waals surface area contributed by atoms with Gasteiger partial charge < -0.3 is 14.7 Å². The molecule has 2 atom stereocenters. The van der Waals surface area contributed by atoms with Gasteiger partial charge in [0.2, 0.25) is 21.6 Å². The minimum Gasteiger partial charge on any atom is -0.489 e. The minimum absolute atomic E-state index is 0.0698. The van der Waals surface area contributed by atoms with Crippen molar-refractivity contribution < 1.29 is 53.8 Å². The summed E-state index contributed by atoms with van der Waals surface area (Å²) in [7, 11) is -3.59. The Bertz CT molecular complexity index is 1330. The summed E-state index contributed by atoms with van der Waals surface area (Å²) in [5.41, 5.74) is -5.09. The number of carbonyl (C=O) groups is 1. The van der Waals surface area contributed by atoms with Crippen molar-refractivity contribution in [2.24, 2.45) is 0 Å². The highest BCUT2D eigenvalue weighted by Gasteiger charge is 2.43. The van der Waals surface area contributed by atoms with Crippen molar-refractivity contribution in [3.8, 4) is 5.75 Å². The smallest absolute Gasteiger partial charge is 0.420 e. The molecule has 0 bridgehead atoms. The third-order valence-electron chi connectivity index (χ3n) is 6.22. The number of carboxylic acids is 1. The number of aliphatic carboxylic acids is 1. The van der Waals surface area contributed by atoms with E-state index < -0.39 is 80.5 Å². The first-order valence-corrected chi connectivity index (χ1v) is 12.9. The lowest BCUT2D eigenvalue weighted by atomic mass is 10.1. The van der Waals surface area contributed by atoms with Crippen molar-refractivity contribution in [1.29, 1.82) is 0 Å². The zero-order chi connectivity index (χ0) is 29.6. The molecule has 0 unspecified atom stereocenters. The van der Waals surface area contributed by atoms with Gasteiger partial charge in [-0.2, -0.15) is 17.5 Å². The highest BCUT2D eigenvalue weighted by atomic mass is 32.2. The Morgan fingerprint density at radius 3 is 2.18 bits per heavy atom. The van der Waals surface area contributed by atoms with Gasteiger partial charge in [0.05, 0.1) is 11.3 Å². The van der Waals surface area contributed by atoms with Crippen molar-refractivity contribution in [2.45, 2.75) is 55.4 Å². The second kappa shape index (κ2) is 10.5. The summed E-state index contributed by atoms with van der Waals surface area (Å²) in [6.45, 7) is -0.555. The van der Waals surface area contributed by atoms with Crippen molar-refractivity contribution in [3.63, 3.8) is 0 Å². The van der Waals surface area contributed by atoms with Gasteiger partial charge >= 0.3 is 12.1 Å². The average Bonchev–Trinajstić information content (AvgIpc) is 2.88. The highest BCUT2D eigenvalue weighted by molar-refractivity contribution is 7.89. The molecule has 2 aromatic carbocycles. The van der Waals surface area contributed by atoms with Crippen LogP contribution in [0.3, 0.4) is 0 Å². The molecule has 1 aliphatic heterocycles. The van der Waals surface area contributed by atoms with E-state index >= 15 is 0 Å². The third-order valence-corrected chi connectivity index (χ3v) is 8.16. The van der Waals surface area contributed by atoms with Crippen LogP contribution < -0.4 is 9.64 Å². The fourth-order valence-corrected chi connectivity index (χ4v) is 5.48. The van der Waals surface area contributed by atoms with Gasteiger partial charge in [-0.05, 0) is 50.6 Å². The van der Waals surface area contributed by atoms with Gasteiger partial charge in [-0.1, -0.05) is 0 Å². The number of likely N-dealkylation sites (N-methyl/N-ethyl adjacent to an activating group) is 1. The Morgan fingerprint density at radius 1 is 1.08 bits per heavy atom. The molecule has 0 saturated carbocycles. The van der Waals surface area contributed by atoms with Crippen LogP contribution in [-0.4, -0.2) is 61.6 Å². The van der Waals surface area contributed by atoms with Crippen LogP contribution in [0.4, 0.5) is 42.1 Å². The molecule has 0 aromatic heterocycles. The molecule has 0 radical (unpaired) electrons. The molecule has 3 rings (SSSR count). The minimum atomic E-state index is -5.17. The molecular formula is C24H25F7N2O5S. The number of rotatable bonds is 8. The number of nitrogens with zero attached hydrogens (tertiary/aromatic N) is 2. The molecule has 7 nitrogen and oxygen atoms in total. The van der Waals surface area contributed by atoms with Gasteiger partial charge in [0.15, 0.2) is 0 Å². The second-order valence-corrected chi connectivity index (χ2v) is 11.4. The van der Waals surface area contributed by atoms with Crippen molar-refractivity contribution in [2.75, 3.05) is 25.1 Å². The van der Waals surface area contributed by atoms with Crippen LogP contribution in [0, 0.1) is 5.82 Å². The SMILES string of the molecule is CN1[C@H](CCC(C)(F)F)CN(c2ccc(F)cc2)c2cc(C(F)(F)F)c(OC[C@](C)(F)C(=O)O)cc2S1(=O)=O. The summed E-state index contributed by atoms with van der Waals surface area (Å²) < 4.78 is 130. The number of ether oxygens (including phenoxy) is 1. The van der Waals surface area contributed by atoms with Crippen LogP contribution in [-0.2, 0) is 21.0 Å². The maximum atomic E-state index is 14.3. The van der Waals surface area contributed by atoms with Gasteiger partial charge in [0, 0.05) is 37.8 Å². The number of hydrogen-bond donors (Lipinski definition) is 1. The van der Waals surface area contributed by atoms with Crippen LogP contribution in [0.2, 0.25) is 0 Å². The molecule has 0 amide bonds. The quantitative estimate of drug-likeness (QED) is 0.405. The van der Waals surface area contributed by atoms with E-state index in [1.54, 1.807) is 0 Å². The lowest BCUT2D eigenvalue weighted by molar-refractivity contribution is -0.151. The van der Waals surface area contributed by atoms with Crippen LogP contribution in [0.25, 0.3) is 0 Å². The number of hydrogen-bond acceptors (Lipinski definition) is 5. The Hall–Kier alpha value is -3.07. The van der Waals surface area contributed by atoms with Gasteiger partial charge in [0.1, 0.15) is 23.1 Å². The van der Waals surface area contributed by atoms with Crippen LogP contribution in [0.15, 0.2) is 41.3 Å². The first-order valence-electron chi connectivity index (χ1n) is 11.4. The van der Waals surface area contributed by atoms with E-state index in [9.17, 15) is 43.9 Å². The first-order chi connectivity index (χ1) is 17.7. The summed E-state index contributed by atoms with van der Waals surface area (Å²) in [6.07, 6.45) is -6.28. The fraction of sp³-hybridized carbons (Fsp3) is 0.458. The predicted molar refractivity (Wildman–Crippen MR) is 126 cm³/mol. The Morgan fingerprint density at radius 2 is 1.67 bits per heavy atom. The molecule has 0 spiro atoms. The third kappa shape index (κ3) is 6.75. The fourth-order valence-electron chi connectivity index (χ4n) is 3.92. The van der Waals surface area contributed by atoms with E-state index in [1.165, 1.54) is 12.1 Å². The maximum Gasteiger partial charge on any atom is 0.420 e. The topological polar surface area (TPSA) is 87.2 Å². The predicted octanol–water partition coefficient (Wildman–Crippen LogP) is 5.61. The number of sulfonamides is 1. The average molecular weight is 587 g/mol. The zero-order valence-electron chi connectivity index (χ0n) is 20.9. The van der Waals surface area contributed by atoms with Crippen molar-refractivity contribution >= 4 is 27.4 Å². The number of carboxylic acid groups (broad SMARTS) is 1. The Balaban J connectivity index is 2.26. The summed E-state index contributed by atoms with van der Waals surface area (Å²) in [4.78, 5) is 11.5. The van der Waals surface area contributed by atoms with Crippen LogP contribution in [0.5, 0.6) is 5.75 Å². The van der Waals surface area contributed by atoms with E-state index in [2.05, 4.69) is 0 Å². The Labute approximate surface area is 219 Å². The molecule has 2 aromatic rings. The number of alkyl halides is 6. The number of benzene rings is 2. The molecule has 0 fully saturated rings. The van der Waals surface area contributed by atoms with E-state index in [0.717, 1.165) is 28.4 Å². The molecule has 0 aliphatic carbocycles. The van der Waals surface area contributed by atoms with Crippen molar-refractivity contribution in [3.05, 3.63) is 47.8 Å². The molecule has 0 saturated heterocycles. The van der Waals surface area contributed by atoms with Gasteiger partial charge in [-0.3, -0.25) is 0 Å². The molecule has 1 aliphatic rings. The number of anilines is 2. The van der Waals surface area contributed by atoms with Gasteiger partial charge in [0.25, 0.3) is 0 Å². The van der Waals surface area contributed by atoms with E-state index in [0.29, 0.717) is 26.0 Å². The van der Waals surface area contributed by atoms with E-state index in [1.807, 2.05) is 0 Å². The van der Waals surface area contributed by atoms with Crippen LogP contribution >= 0.6 is 0 Å². The maximum absolute atomic E-state index is 14.3. The Kier molecular flexibility index (Phi) is 8.19. The van der Waals surface area contributed by atoms with Crippen molar-refractivity contribution in [1.82, 2.24) is 4.31 Å².